The Morgan fingerprint density at radius 3 is 2.65 bits per heavy atom. The van der Waals surface area contributed by atoms with Crippen LogP contribution in [0, 0.1) is 0 Å². The van der Waals surface area contributed by atoms with Crippen LogP contribution in [-0.2, 0) is 9.47 Å². The summed E-state index contributed by atoms with van der Waals surface area (Å²) < 4.78 is 17.7. The number of ether oxygens (including phenoxy) is 3. The van der Waals surface area contributed by atoms with Crippen molar-refractivity contribution in [2.75, 3.05) is 25.6 Å². The summed E-state index contributed by atoms with van der Waals surface area (Å²) in [5, 5.41) is 3.32. The van der Waals surface area contributed by atoms with Crippen LogP contribution < -0.4 is 10.1 Å². The minimum absolute atomic E-state index is 0.109. The smallest absolute Gasteiger partial charge is 0.132 e. The lowest BCUT2D eigenvalue weighted by Gasteiger charge is -2.43. The van der Waals surface area contributed by atoms with Gasteiger partial charge in [0.2, 0.25) is 0 Å². The fraction of sp³-hybridized carbons (Fsp3) is 0.625. The largest absolute Gasteiger partial charge is 0.485 e. The molecule has 4 heteroatoms. The van der Waals surface area contributed by atoms with Gasteiger partial charge in [-0.05, 0) is 45.9 Å². The van der Waals surface area contributed by atoms with E-state index < -0.39 is 5.60 Å². The Kier molecular flexibility index (Phi) is 4.55. The van der Waals surface area contributed by atoms with Crippen LogP contribution in [-0.4, -0.2) is 32.0 Å². The summed E-state index contributed by atoms with van der Waals surface area (Å²) in [4.78, 5) is 0. The monoisotopic (exact) mass is 279 g/mol. The highest BCUT2D eigenvalue weighted by atomic mass is 16.6. The molecule has 1 aliphatic heterocycles. The van der Waals surface area contributed by atoms with Gasteiger partial charge in [0.05, 0.1) is 0 Å². The summed E-state index contributed by atoms with van der Waals surface area (Å²) in [6, 6.07) is 6.14. The van der Waals surface area contributed by atoms with Gasteiger partial charge in [-0.25, -0.2) is 0 Å². The summed E-state index contributed by atoms with van der Waals surface area (Å²) in [6.07, 6.45) is -0.241. The van der Waals surface area contributed by atoms with E-state index in [-0.39, 0.29) is 12.2 Å². The SMILES string of the molecule is CCNc1ccc2c(c1)C(OCC)C(OC)C(C)(C)O2. The maximum absolute atomic E-state index is 6.10. The zero-order chi connectivity index (χ0) is 14.8. The first-order valence-electron chi connectivity index (χ1n) is 7.24. The molecule has 2 atom stereocenters. The van der Waals surface area contributed by atoms with Crippen molar-refractivity contribution in [1.82, 2.24) is 0 Å². The maximum atomic E-state index is 6.10. The summed E-state index contributed by atoms with van der Waals surface area (Å²) in [7, 11) is 1.71. The van der Waals surface area contributed by atoms with E-state index >= 15 is 0 Å². The predicted molar refractivity (Wildman–Crippen MR) is 80.5 cm³/mol. The highest BCUT2D eigenvalue weighted by Crippen LogP contribution is 2.43. The summed E-state index contributed by atoms with van der Waals surface area (Å²) in [6.45, 7) is 9.69. The molecule has 0 bridgehead atoms. The number of hydrogen-bond acceptors (Lipinski definition) is 4. The van der Waals surface area contributed by atoms with Gasteiger partial charge in [-0.15, -0.1) is 0 Å². The summed E-state index contributed by atoms with van der Waals surface area (Å²) in [5.41, 5.74) is 1.71. The number of rotatable bonds is 5. The van der Waals surface area contributed by atoms with Crippen LogP contribution in [0.1, 0.15) is 39.4 Å². The van der Waals surface area contributed by atoms with Crippen molar-refractivity contribution >= 4 is 5.69 Å². The van der Waals surface area contributed by atoms with Crippen molar-refractivity contribution < 1.29 is 14.2 Å². The Morgan fingerprint density at radius 2 is 2.05 bits per heavy atom. The van der Waals surface area contributed by atoms with Gasteiger partial charge in [0.15, 0.2) is 0 Å². The van der Waals surface area contributed by atoms with Gasteiger partial charge in [0, 0.05) is 31.5 Å². The third-order valence-electron chi connectivity index (χ3n) is 3.63. The number of anilines is 1. The van der Waals surface area contributed by atoms with E-state index in [0.29, 0.717) is 6.61 Å². The number of methoxy groups -OCH3 is 1. The molecule has 1 aromatic rings. The minimum atomic E-state index is -0.415. The second-order valence-corrected chi connectivity index (χ2v) is 5.52. The van der Waals surface area contributed by atoms with E-state index in [2.05, 4.69) is 18.3 Å². The maximum Gasteiger partial charge on any atom is 0.132 e. The molecule has 2 unspecified atom stereocenters. The van der Waals surface area contributed by atoms with Crippen LogP contribution in [0.2, 0.25) is 0 Å². The molecule has 0 aromatic heterocycles. The van der Waals surface area contributed by atoms with Crippen molar-refractivity contribution in [1.29, 1.82) is 0 Å². The quantitative estimate of drug-likeness (QED) is 0.897. The van der Waals surface area contributed by atoms with Gasteiger partial charge < -0.3 is 19.5 Å². The molecule has 0 aliphatic carbocycles. The normalized spacial score (nSPS) is 23.9. The fourth-order valence-corrected chi connectivity index (χ4v) is 2.81. The molecule has 20 heavy (non-hydrogen) atoms. The van der Waals surface area contributed by atoms with Crippen molar-refractivity contribution in [2.24, 2.45) is 0 Å². The molecule has 1 heterocycles. The van der Waals surface area contributed by atoms with Crippen LogP contribution in [0.5, 0.6) is 5.75 Å². The van der Waals surface area contributed by atoms with E-state index in [0.717, 1.165) is 23.5 Å². The molecule has 4 nitrogen and oxygen atoms in total. The number of nitrogens with one attached hydrogen (secondary N) is 1. The molecular weight excluding hydrogens is 254 g/mol. The Hall–Kier alpha value is -1.26. The first-order chi connectivity index (χ1) is 9.53. The molecule has 2 rings (SSSR count). The lowest BCUT2D eigenvalue weighted by atomic mass is 9.88. The standard InChI is InChI=1S/C16H25NO3/c1-6-17-11-8-9-13-12(10-11)14(19-7-2)15(18-5)16(3,4)20-13/h8-10,14-15,17H,6-7H2,1-5H3. The summed E-state index contributed by atoms with van der Waals surface area (Å²) in [5.74, 6) is 0.878. The van der Waals surface area contributed by atoms with Gasteiger partial charge in [0.1, 0.15) is 23.6 Å². The van der Waals surface area contributed by atoms with Gasteiger partial charge in [-0.3, -0.25) is 0 Å². The molecular formula is C16H25NO3. The lowest BCUT2D eigenvalue weighted by molar-refractivity contribution is -0.148. The average Bonchev–Trinajstić information content (AvgIpc) is 2.39. The molecule has 0 fully saturated rings. The molecule has 1 aliphatic rings. The van der Waals surface area contributed by atoms with Gasteiger partial charge in [-0.2, -0.15) is 0 Å². The van der Waals surface area contributed by atoms with Crippen LogP contribution in [0.25, 0.3) is 0 Å². The second kappa shape index (κ2) is 6.02. The Labute approximate surface area is 121 Å². The second-order valence-electron chi connectivity index (χ2n) is 5.52. The fourth-order valence-electron chi connectivity index (χ4n) is 2.81. The average molecular weight is 279 g/mol. The van der Waals surface area contributed by atoms with Crippen molar-refractivity contribution in [2.45, 2.75) is 45.5 Å². The van der Waals surface area contributed by atoms with Gasteiger partial charge >= 0.3 is 0 Å². The molecule has 1 N–H and O–H groups in total. The van der Waals surface area contributed by atoms with Crippen molar-refractivity contribution in [3.8, 4) is 5.75 Å². The number of hydrogen-bond donors (Lipinski definition) is 1. The van der Waals surface area contributed by atoms with E-state index in [1.54, 1.807) is 7.11 Å². The van der Waals surface area contributed by atoms with E-state index in [1.807, 2.05) is 32.9 Å². The van der Waals surface area contributed by atoms with E-state index in [9.17, 15) is 0 Å². The molecule has 112 valence electrons. The zero-order valence-corrected chi connectivity index (χ0v) is 13.0. The first-order valence-corrected chi connectivity index (χ1v) is 7.24. The van der Waals surface area contributed by atoms with Gasteiger partial charge in [-0.1, -0.05) is 0 Å². The minimum Gasteiger partial charge on any atom is -0.485 e. The molecule has 0 amide bonds. The number of fused-ring (bicyclic) bond motifs is 1. The first kappa shape index (κ1) is 15.1. The van der Waals surface area contributed by atoms with Crippen molar-refractivity contribution in [3.05, 3.63) is 23.8 Å². The number of benzene rings is 1. The molecule has 0 saturated heterocycles. The third kappa shape index (κ3) is 2.76. The predicted octanol–water partition coefficient (Wildman–Crippen LogP) is 3.38. The van der Waals surface area contributed by atoms with E-state index in [1.165, 1.54) is 0 Å². The van der Waals surface area contributed by atoms with Crippen LogP contribution in [0.15, 0.2) is 18.2 Å². The zero-order valence-electron chi connectivity index (χ0n) is 13.0. The topological polar surface area (TPSA) is 39.7 Å². The van der Waals surface area contributed by atoms with Crippen LogP contribution >= 0.6 is 0 Å². The van der Waals surface area contributed by atoms with Crippen LogP contribution in [0.4, 0.5) is 5.69 Å². The summed E-state index contributed by atoms with van der Waals surface area (Å²) >= 11 is 0. The molecule has 0 saturated carbocycles. The highest BCUT2D eigenvalue weighted by molar-refractivity contribution is 5.53. The highest BCUT2D eigenvalue weighted by Gasteiger charge is 2.44. The third-order valence-corrected chi connectivity index (χ3v) is 3.63. The molecule has 0 spiro atoms. The Morgan fingerprint density at radius 1 is 1.30 bits per heavy atom. The van der Waals surface area contributed by atoms with Gasteiger partial charge in [0.25, 0.3) is 0 Å². The van der Waals surface area contributed by atoms with E-state index in [4.69, 9.17) is 14.2 Å². The molecule has 1 aromatic carbocycles. The Bertz CT molecular complexity index is 459. The van der Waals surface area contributed by atoms with Crippen LogP contribution in [0.3, 0.4) is 0 Å². The van der Waals surface area contributed by atoms with Crippen molar-refractivity contribution in [3.63, 3.8) is 0 Å². The lowest BCUT2D eigenvalue weighted by Crippen LogP contribution is -2.50. The molecule has 0 radical (unpaired) electrons. The Balaban J connectivity index is 2.44.